The van der Waals surface area contributed by atoms with Gasteiger partial charge in [0.1, 0.15) is 0 Å². The number of hydrogen-bond donors (Lipinski definition) is 2. The number of hydrogen-bond acceptors (Lipinski definition) is 6. The molecule has 0 fully saturated rings. The van der Waals surface area contributed by atoms with Crippen LogP contribution >= 0.6 is 0 Å². The average Bonchev–Trinajstić information content (AvgIpc) is 2.81. The number of nitrogens with one attached hydrogen (secondary N) is 1. The molecule has 0 saturated carbocycles. The van der Waals surface area contributed by atoms with E-state index in [0.29, 0.717) is 11.5 Å². The van der Waals surface area contributed by atoms with Gasteiger partial charge in [-0.15, -0.1) is 0 Å². The largest absolute Gasteiger partial charge is 0.478 e. The summed E-state index contributed by atoms with van der Waals surface area (Å²) in [5.41, 5.74) is 0.609. The van der Waals surface area contributed by atoms with Gasteiger partial charge in [-0.25, -0.2) is 4.79 Å². The summed E-state index contributed by atoms with van der Waals surface area (Å²) in [6.45, 7) is 1.94. The van der Waals surface area contributed by atoms with Crippen LogP contribution < -0.4 is 5.32 Å². The van der Waals surface area contributed by atoms with Crippen LogP contribution in [0.4, 0.5) is 11.4 Å². The molecule has 104 valence electrons. The van der Waals surface area contributed by atoms with E-state index in [0.717, 1.165) is 6.07 Å². The fraction of sp³-hybridized carbons (Fsp3) is 0.167. The van der Waals surface area contributed by atoms with Gasteiger partial charge in [0.2, 0.25) is 0 Å². The van der Waals surface area contributed by atoms with Crippen molar-refractivity contribution in [3.05, 3.63) is 51.4 Å². The Balaban J connectivity index is 2.25. The maximum Gasteiger partial charge on any atom is 0.337 e. The highest BCUT2D eigenvalue weighted by Gasteiger charge is 2.15. The third kappa shape index (κ3) is 2.91. The average molecular weight is 277 g/mol. The maximum atomic E-state index is 11.1. The topological polar surface area (TPSA) is 119 Å². The molecule has 0 spiro atoms. The number of carboxylic acid groups (broad SMARTS) is 1. The van der Waals surface area contributed by atoms with Crippen molar-refractivity contribution in [1.82, 2.24) is 5.16 Å². The van der Waals surface area contributed by atoms with E-state index in [-0.39, 0.29) is 23.5 Å². The first-order chi connectivity index (χ1) is 9.47. The van der Waals surface area contributed by atoms with Crippen LogP contribution in [0.1, 0.15) is 21.8 Å². The molecule has 0 amide bonds. The molecule has 2 N–H and O–H groups in total. The monoisotopic (exact) mass is 277 g/mol. The van der Waals surface area contributed by atoms with E-state index in [1.165, 1.54) is 12.1 Å². The quantitative estimate of drug-likeness (QED) is 0.635. The zero-order valence-electron chi connectivity index (χ0n) is 10.5. The first kappa shape index (κ1) is 13.5. The summed E-state index contributed by atoms with van der Waals surface area (Å²) >= 11 is 0. The fourth-order valence-corrected chi connectivity index (χ4v) is 1.66. The number of non-ortho nitro benzene ring substituents is 1. The van der Waals surface area contributed by atoms with Gasteiger partial charge in [0.25, 0.3) is 5.69 Å². The Bertz CT molecular complexity index is 665. The number of nitro benzene ring substituents is 1. The summed E-state index contributed by atoms with van der Waals surface area (Å²) in [5.74, 6) is -0.665. The molecular formula is C12H11N3O5. The fourth-order valence-electron chi connectivity index (χ4n) is 1.66. The van der Waals surface area contributed by atoms with E-state index < -0.39 is 10.9 Å². The molecule has 0 radical (unpaired) electrons. The zero-order chi connectivity index (χ0) is 14.7. The Hall–Kier alpha value is -2.90. The highest BCUT2D eigenvalue weighted by atomic mass is 16.6. The Labute approximate surface area is 113 Å². The number of aromatic nitrogens is 1. The van der Waals surface area contributed by atoms with Crippen LogP contribution in [0.25, 0.3) is 0 Å². The molecule has 0 bridgehead atoms. The predicted octanol–water partition coefficient (Wildman–Crippen LogP) is 2.20. The van der Waals surface area contributed by atoms with Crippen molar-refractivity contribution in [2.45, 2.75) is 13.5 Å². The number of carboxylic acids is 1. The third-order valence-corrected chi connectivity index (χ3v) is 2.57. The molecule has 8 nitrogen and oxygen atoms in total. The van der Waals surface area contributed by atoms with Gasteiger partial charge in [-0.1, -0.05) is 5.16 Å². The molecule has 0 aliphatic heterocycles. The first-order valence-electron chi connectivity index (χ1n) is 5.65. The van der Waals surface area contributed by atoms with Gasteiger partial charge in [0, 0.05) is 18.2 Å². The number of aryl methyl sites for hydroxylation is 1. The third-order valence-electron chi connectivity index (χ3n) is 2.57. The molecule has 0 aliphatic carbocycles. The van der Waals surface area contributed by atoms with Crippen LogP contribution in [0.3, 0.4) is 0 Å². The molecule has 1 aromatic heterocycles. The van der Waals surface area contributed by atoms with Crippen molar-refractivity contribution in [1.29, 1.82) is 0 Å². The van der Waals surface area contributed by atoms with E-state index in [9.17, 15) is 14.9 Å². The molecule has 0 aliphatic rings. The number of rotatable bonds is 5. The molecule has 8 heteroatoms. The molecule has 0 unspecified atom stereocenters. The highest BCUT2D eigenvalue weighted by Crippen LogP contribution is 2.23. The number of nitrogens with zero attached hydrogens (tertiary/aromatic N) is 2. The lowest BCUT2D eigenvalue weighted by Gasteiger charge is -2.07. The molecule has 2 rings (SSSR count). The Morgan fingerprint density at radius 1 is 1.50 bits per heavy atom. The van der Waals surface area contributed by atoms with Crippen LogP contribution in [0.15, 0.2) is 28.8 Å². The molecule has 1 heterocycles. The second-order valence-corrected chi connectivity index (χ2v) is 4.08. The lowest BCUT2D eigenvalue weighted by Crippen LogP contribution is -2.06. The normalized spacial score (nSPS) is 10.2. The van der Waals surface area contributed by atoms with Gasteiger partial charge in [0.15, 0.2) is 5.76 Å². The highest BCUT2D eigenvalue weighted by molar-refractivity contribution is 5.94. The molecule has 2 aromatic rings. The maximum absolute atomic E-state index is 11.1. The second-order valence-electron chi connectivity index (χ2n) is 4.08. The summed E-state index contributed by atoms with van der Waals surface area (Å²) < 4.78 is 4.97. The summed E-state index contributed by atoms with van der Waals surface area (Å²) in [4.78, 5) is 21.2. The number of nitro groups is 1. The standard InChI is InChI=1S/C12H11N3O5/c1-7-4-9(20-14-7)6-13-11-5-8(15(18)19)2-3-10(11)12(16)17/h2-5,13H,6H2,1H3,(H,16,17). The predicted molar refractivity (Wildman–Crippen MR) is 68.6 cm³/mol. The first-order valence-corrected chi connectivity index (χ1v) is 5.65. The van der Waals surface area contributed by atoms with Crippen LogP contribution in [-0.2, 0) is 6.54 Å². The van der Waals surface area contributed by atoms with Crippen LogP contribution in [-0.4, -0.2) is 21.2 Å². The van der Waals surface area contributed by atoms with E-state index >= 15 is 0 Å². The van der Waals surface area contributed by atoms with Crippen molar-refractivity contribution in [2.75, 3.05) is 5.32 Å². The number of benzene rings is 1. The van der Waals surface area contributed by atoms with Crippen LogP contribution in [0.2, 0.25) is 0 Å². The summed E-state index contributed by atoms with van der Waals surface area (Å²) in [6, 6.07) is 5.19. The van der Waals surface area contributed by atoms with E-state index in [2.05, 4.69) is 10.5 Å². The summed E-state index contributed by atoms with van der Waals surface area (Å²) in [7, 11) is 0. The minimum absolute atomic E-state index is 0.0492. The molecule has 0 saturated heterocycles. The molecule has 20 heavy (non-hydrogen) atoms. The van der Waals surface area contributed by atoms with Crippen molar-refractivity contribution in [2.24, 2.45) is 0 Å². The minimum Gasteiger partial charge on any atom is -0.478 e. The smallest absolute Gasteiger partial charge is 0.337 e. The van der Waals surface area contributed by atoms with Gasteiger partial charge in [-0.3, -0.25) is 10.1 Å². The Kier molecular flexibility index (Phi) is 3.65. The molecule has 0 atom stereocenters. The Morgan fingerprint density at radius 3 is 2.80 bits per heavy atom. The van der Waals surface area contributed by atoms with E-state index in [1.54, 1.807) is 13.0 Å². The van der Waals surface area contributed by atoms with Gasteiger partial charge >= 0.3 is 5.97 Å². The minimum atomic E-state index is -1.17. The van der Waals surface area contributed by atoms with Crippen molar-refractivity contribution in [3.8, 4) is 0 Å². The van der Waals surface area contributed by atoms with E-state index in [4.69, 9.17) is 9.63 Å². The SMILES string of the molecule is Cc1cc(CNc2cc([N+](=O)[O-])ccc2C(=O)O)on1. The molecular weight excluding hydrogens is 266 g/mol. The van der Waals surface area contributed by atoms with Gasteiger partial charge in [-0.2, -0.15) is 0 Å². The lowest BCUT2D eigenvalue weighted by atomic mass is 10.1. The van der Waals surface area contributed by atoms with Crippen LogP contribution in [0.5, 0.6) is 0 Å². The number of aromatic carboxylic acids is 1. The second kappa shape index (κ2) is 5.39. The summed E-state index contributed by atoms with van der Waals surface area (Å²) in [6.07, 6.45) is 0. The molecule has 1 aromatic carbocycles. The van der Waals surface area contributed by atoms with Crippen molar-refractivity contribution >= 4 is 17.3 Å². The lowest BCUT2D eigenvalue weighted by molar-refractivity contribution is -0.384. The number of anilines is 1. The summed E-state index contributed by atoms with van der Waals surface area (Å²) in [5, 5.41) is 26.3. The van der Waals surface area contributed by atoms with Gasteiger partial charge < -0.3 is 14.9 Å². The van der Waals surface area contributed by atoms with E-state index in [1.807, 2.05) is 0 Å². The zero-order valence-corrected chi connectivity index (χ0v) is 10.5. The van der Waals surface area contributed by atoms with Gasteiger partial charge in [-0.05, 0) is 13.0 Å². The van der Waals surface area contributed by atoms with Crippen molar-refractivity contribution in [3.63, 3.8) is 0 Å². The Morgan fingerprint density at radius 2 is 2.25 bits per heavy atom. The van der Waals surface area contributed by atoms with Gasteiger partial charge in [0.05, 0.1) is 28.4 Å². The number of carbonyl (C=O) groups is 1. The van der Waals surface area contributed by atoms with Crippen molar-refractivity contribution < 1.29 is 19.3 Å². The van der Waals surface area contributed by atoms with Crippen LogP contribution in [0, 0.1) is 17.0 Å².